The van der Waals surface area contributed by atoms with Crippen molar-refractivity contribution in [3.05, 3.63) is 58.8 Å². The van der Waals surface area contributed by atoms with Crippen molar-refractivity contribution in [1.29, 1.82) is 0 Å². The Morgan fingerprint density at radius 2 is 2.10 bits per heavy atom. The highest BCUT2D eigenvalue weighted by molar-refractivity contribution is 5.83. The largest absolute Gasteiger partial charge is 0.496 e. The number of rotatable bonds is 7. The molecule has 0 aliphatic heterocycles. The number of fused-ring (bicyclic) bond motifs is 1. The number of hydrogen-bond donors (Lipinski definition) is 3. The minimum Gasteiger partial charge on any atom is -0.496 e. The van der Waals surface area contributed by atoms with Gasteiger partial charge in [0.15, 0.2) is 5.96 Å². The molecule has 0 amide bonds. The Balaban J connectivity index is 1.65. The number of H-pyrrole nitrogens is 1. The number of hydrogen-bond acceptors (Lipinski definition) is 3. The first-order valence-corrected chi connectivity index (χ1v) is 9.80. The van der Waals surface area contributed by atoms with Gasteiger partial charge in [-0.3, -0.25) is 4.98 Å². The predicted octanol–water partition coefficient (Wildman–Crippen LogP) is 3.63. The van der Waals surface area contributed by atoms with E-state index in [0.29, 0.717) is 13.1 Å². The van der Waals surface area contributed by atoms with Gasteiger partial charge in [-0.2, -0.15) is 0 Å². The third kappa shape index (κ3) is 4.85. The van der Waals surface area contributed by atoms with Crippen LogP contribution < -0.4 is 15.4 Å². The van der Waals surface area contributed by atoms with Gasteiger partial charge in [0.2, 0.25) is 0 Å². The molecule has 154 valence electrons. The van der Waals surface area contributed by atoms with Gasteiger partial charge in [0.25, 0.3) is 0 Å². The third-order valence-corrected chi connectivity index (χ3v) is 4.90. The highest BCUT2D eigenvalue weighted by atomic mass is 19.1. The molecule has 7 heteroatoms. The number of benzene rings is 1. The number of halogens is 1. The zero-order chi connectivity index (χ0) is 20.8. The lowest BCUT2D eigenvalue weighted by Crippen LogP contribution is -2.38. The Hall–Kier alpha value is -3.09. The maximum atomic E-state index is 13.3. The van der Waals surface area contributed by atoms with Crippen LogP contribution in [-0.2, 0) is 13.0 Å². The van der Waals surface area contributed by atoms with Gasteiger partial charge in [0.05, 0.1) is 19.3 Å². The van der Waals surface area contributed by atoms with E-state index in [9.17, 15) is 4.39 Å². The molecule has 0 aliphatic rings. The van der Waals surface area contributed by atoms with Crippen LogP contribution in [0.5, 0.6) is 5.75 Å². The molecule has 1 aromatic carbocycles. The monoisotopic (exact) mass is 397 g/mol. The van der Waals surface area contributed by atoms with Crippen LogP contribution in [0.2, 0.25) is 0 Å². The fourth-order valence-corrected chi connectivity index (χ4v) is 3.41. The smallest absolute Gasteiger partial charge is 0.191 e. The summed E-state index contributed by atoms with van der Waals surface area (Å²) in [6.07, 6.45) is 4.55. The zero-order valence-electron chi connectivity index (χ0n) is 17.4. The average Bonchev–Trinajstić information content (AvgIpc) is 3.09. The van der Waals surface area contributed by atoms with Crippen molar-refractivity contribution < 1.29 is 9.13 Å². The topological polar surface area (TPSA) is 74.3 Å². The Kier molecular flexibility index (Phi) is 6.69. The first-order valence-electron chi connectivity index (χ1n) is 9.80. The average molecular weight is 397 g/mol. The van der Waals surface area contributed by atoms with Gasteiger partial charge in [0, 0.05) is 47.5 Å². The summed E-state index contributed by atoms with van der Waals surface area (Å²) < 4.78 is 18.8. The molecule has 0 saturated heterocycles. The Morgan fingerprint density at radius 3 is 2.86 bits per heavy atom. The van der Waals surface area contributed by atoms with E-state index < -0.39 is 0 Å². The Labute approximate surface area is 170 Å². The lowest BCUT2D eigenvalue weighted by Gasteiger charge is -2.13. The number of aliphatic imine (C=N–C) groups is 1. The number of methoxy groups -OCH3 is 1. The van der Waals surface area contributed by atoms with Crippen LogP contribution in [0.1, 0.15) is 29.3 Å². The maximum absolute atomic E-state index is 13.3. The van der Waals surface area contributed by atoms with E-state index in [-0.39, 0.29) is 5.82 Å². The van der Waals surface area contributed by atoms with Crippen molar-refractivity contribution in [2.45, 2.75) is 33.7 Å². The highest BCUT2D eigenvalue weighted by Crippen LogP contribution is 2.24. The number of aromatic amines is 1. The molecule has 0 bridgehead atoms. The number of ether oxygens (including phenoxy) is 1. The van der Waals surface area contributed by atoms with Gasteiger partial charge >= 0.3 is 0 Å². The van der Waals surface area contributed by atoms with Gasteiger partial charge in [-0.15, -0.1) is 0 Å². The summed E-state index contributed by atoms with van der Waals surface area (Å²) in [7, 11) is 1.67. The van der Waals surface area contributed by atoms with Crippen molar-refractivity contribution in [2.24, 2.45) is 4.99 Å². The molecule has 3 rings (SSSR count). The van der Waals surface area contributed by atoms with E-state index in [1.54, 1.807) is 7.11 Å². The first-order chi connectivity index (χ1) is 14.0. The number of pyridine rings is 1. The molecular formula is C22H28FN5O. The van der Waals surface area contributed by atoms with Crippen molar-refractivity contribution in [1.82, 2.24) is 20.6 Å². The van der Waals surface area contributed by atoms with Gasteiger partial charge in [-0.05, 0) is 51.0 Å². The van der Waals surface area contributed by atoms with E-state index in [4.69, 9.17) is 4.74 Å². The first kappa shape index (κ1) is 20.6. The Morgan fingerprint density at radius 1 is 1.28 bits per heavy atom. The summed E-state index contributed by atoms with van der Waals surface area (Å²) in [4.78, 5) is 12.3. The van der Waals surface area contributed by atoms with Crippen LogP contribution in [0.3, 0.4) is 0 Å². The molecular weight excluding hydrogens is 369 g/mol. The molecule has 0 aliphatic carbocycles. The molecule has 0 radical (unpaired) electrons. The summed E-state index contributed by atoms with van der Waals surface area (Å²) in [5.74, 6) is 1.36. The van der Waals surface area contributed by atoms with Gasteiger partial charge in [-0.25, -0.2) is 9.38 Å². The molecule has 0 saturated carbocycles. The second-order valence-electron chi connectivity index (χ2n) is 6.92. The second-order valence-corrected chi connectivity index (χ2v) is 6.92. The van der Waals surface area contributed by atoms with Crippen molar-refractivity contribution in [3.8, 4) is 5.75 Å². The highest BCUT2D eigenvalue weighted by Gasteiger charge is 2.10. The fraction of sp³-hybridized carbons (Fsp3) is 0.364. The van der Waals surface area contributed by atoms with E-state index in [2.05, 4.69) is 25.6 Å². The third-order valence-electron chi connectivity index (χ3n) is 4.90. The minimum atomic E-state index is -0.234. The van der Waals surface area contributed by atoms with Crippen molar-refractivity contribution in [3.63, 3.8) is 0 Å². The lowest BCUT2D eigenvalue weighted by atomic mass is 10.1. The quantitative estimate of drug-likeness (QED) is 0.420. The summed E-state index contributed by atoms with van der Waals surface area (Å²) >= 11 is 0. The van der Waals surface area contributed by atoms with Crippen LogP contribution in [0, 0.1) is 19.7 Å². The number of aryl methyl sites for hydroxylation is 1. The minimum absolute atomic E-state index is 0.234. The summed E-state index contributed by atoms with van der Waals surface area (Å²) in [6.45, 7) is 7.95. The zero-order valence-corrected chi connectivity index (χ0v) is 17.4. The number of aromatic nitrogens is 2. The van der Waals surface area contributed by atoms with Crippen LogP contribution in [0.15, 0.2) is 35.6 Å². The van der Waals surface area contributed by atoms with E-state index >= 15 is 0 Å². The molecule has 2 heterocycles. The number of nitrogens with one attached hydrogen (secondary N) is 3. The normalized spacial score (nSPS) is 11.7. The molecule has 2 aromatic heterocycles. The molecule has 0 atom stereocenters. The van der Waals surface area contributed by atoms with Gasteiger partial charge in [0.1, 0.15) is 11.6 Å². The second kappa shape index (κ2) is 9.41. The predicted molar refractivity (Wildman–Crippen MR) is 115 cm³/mol. The molecule has 0 spiro atoms. The van der Waals surface area contributed by atoms with E-state index in [1.807, 2.05) is 39.2 Å². The molecule has 3 N–H and O–H groups in total. The van der Waals surface area contributed by atoms with E-state index in [1.165, 1.54) is 12.1 Å². The van der Waals surface area contributed by atoms with Crippen LogP contribution in [-0.4, -0.2) is 36.1 Å². The maximum Gasteiger partial charge on any atom is 0.191 e. The lowest BCUT2D eigenvalue weighted by molar-refractivity contribution is 0.407. The molecule has 0 fully saturated rings. The number of guanidine groups is 1. The summed E-state index contributed by atoms with van der Waals surface area (Å²) in [5.41, 5.74) is 4.88. The SMILES string of the molecule is CCNC(=NCc1ncc(C)c(OC)c1C)NCCc1c[nH]c2cc(F)ccc12. The molecule has 29 heavy (non-hydrogen) atoms. The Bertz CT molecular complexity index is 1010. The molecule has 0 unspecified atom stereocenters. The fourth-order valence-electron chi connectivity index (χ4n) is 3.41. The van der Waals surface area contributed by atoms with Gasteiger partial charge < -0.3 is 20.4 Å². The molecule has 6 nitrogen and oxygen atoms in total. The summed E-state index contributed by atoms with van der Waals surface area (Å²) in [5, 5.41) is 7.66. The number of nitrogens with zero attached hydrogens (tertiary/aromatic N) is 2. The van der Waals surface area contributed by atoms with Crippen LogP contribution in [0.25, 0.3) is 10.9 Å². The van der Waals surface area contributed by atoms with Crippen LogP contribution >= 0.6 is 0 Å². The molecule has 3 aromatic rings. The van der Waals surface area contributed by atoms with E-state index in [0.717, 1.165) is 58.0 Å². The summed E-state index contributed by atoms with van der Waals surface area (Å²) in [6, 6.07) is 4.82. The van der Waals surface area contributed by atoms with Crippen molar-refractivity contribution >= 4 is 16.9 Å². The standard InChI is InChI=1S/C22H28FN5O/c1-5-24-22(28-13-20-15(3)21(29-4)14(2)11-26-20)25-9-8-16-12-27-19-10-17(23)6-7-18(16)19/h6-7,10-12,27H,5,8-9,13H2,1-4H3,(H2,24,25,28). The van der Waals surface area contributed by atoms with Crippen molar-refractivity contribution in [2.75, 3.05) is 20.2 Å². The van der Waals surface area contributed by atoms with Crippen LogP contribution in [0.4, 0.5) is 4.39 Å². The van der Waals surface area contributed by atoms with Gasteiger partial charge in [-0.1, -0.05) is 0 Å².